The second-order valence-corrected chi connectivity index (χ2v) is 5.31. The van der Waals surface area contributed by atoms with E-state index in [9.17, 15) is 0 Å². The number of halogens is 2. The van der Waals surface area contributed by atoms with Crippen LogP contribution in [0.5, 0.6) is 0 Å². The van der Waals surface area contributed by atoms with Crippen LogP contribution in [0.15, 0.2) is 41.0 Å². The van der Waals surface area contributed by atoms with E-state index in [4.69, 9.17) is 32.4 Å². The molecule has 1 heterocycles. The van der Waals surface area contributed by atoms with Crippen molar-refractivity contribution in [1.29, 1.82) is 0 Å². The summed E-state index contributed by atoms with van der Waals surface area (Å²) in [6, 6.07) is 9.31. The largest absolute Gasteiger partial charge is 0.467 e. The van der Waals surface area contributed by atoms with Gasteiger partial charge >= 0.3 is 0 Å². The Morgan fingerprint density at radius 3 is 2.65 bits per heavy atom. The van der Waals surface area contributed by atoms with Gasteiger partial charge < -0.3 is 14.5 Å². The lowest BCUT2D eigenvalue weighted by atomic mass is 10.2. The highest BCUT2D eigenvalue weighted by Crippen LogP contribution is 2.18. The molecule has 1 N–H and O–H groups in total. The molecule has 0 spiro atoms. The van der Waals surface area contributed by atoms with E-state index in [1.807, 2.05) is 24.3 Å². The van der Waals surface area contributed by atoms with Gasteiger partial charge in [0.05, 0.1) is 6.26 Å². The van der Waals surface area contributed by atoms with E-state index in [2.05, 4.69) is 5.32 Å². The lowest BCUT2D eigenvalue weighted by Gasteiger charge is -2.06. The molecule has 0 amide bonds. The van der Waals surface area contributed by atoms with Gasteiger partial charge in [0.15, 0.2) is 0 Å². The first kappa shape index (κ1) is 15.4. The maximum Gasteiger partial charge on any atom is 0.129 e. The van der Waals surface area contributed by atoms with Gasteiger partial charge in [0.2, 0.25) is 0 Å². The van der Waals surface area contributed by atoms with Gasteiger partial charge in [-0.1, -0.05) is 23.2 Å². The number of furan rings is 1. The van der Waals surface area contributed by atoms with Crippen molar-refractivity contribution in [2.24, 2.45) is 0 Å². The summed E-state index contributed by atoms with van der Waals surface area (Å²) >= 11 is 11.9. The van der Waals surface area contributed by atoms with Crippen LogP contribution in [-0.4, -0.2) is 13.2 Å². The van der Waals surface area contributed by atoms with E-state index in [-0.39, 0.29) is 0 Å². The van der Waals surface area contributed by atoms with Crippen molar-refractivity contribution < 1.29 is 9.15 Å². The van der Waals surface area contributed by atoms with E-state index < -0.39 is 0 Å². The Bertz CT molecular complexity index is 494. The first-order valence-electron chi connectivity index (χ1n) is 6.50. The molecule has 0 unspecified atom stereocenters. The minimum absolute atomic E-state index is 0.525. The molecule has 5 heteroatoms. The van der Waals surface area contributed by atoms with Gasteiger partial charge in [0.1, 0.15) is 12.4 Å². The Morgan fingerprint density at radius 1 is 1.15 bits per heavy atom. The Labute approximate surface area is 128 Å². The predicted molar refractivity (Wildman–Crippen MR) is 81.1 cm³/mol. The molecule has 1 aromatic heterocycles. The molecule has 1 aromatic carbocycles. The zero-order chi connectivity index (χ0) is 14.2. The highest BCUT2D eigenvalue weighted by Gasteiger charge is 1.98. The molecule has 0 radical (unpaired) electrons. The zero-order valence-corrected chi connectivity index (χ0v) is 12.6. The van der Waals surface area contributed by atoms with Gasteiger partial charge in [-0.2, -0.15) is 0 Å². The van der Waals surface area contributed by atoms with Crippen LogP contribution in [0, 0.1) is 0 Å². The fourth-order valence-electron chi connectivity index (χ4n) is 1.81. The molecule has 0 fully saturated rings. The fraction of sp³-hybridized carbons (Fsp3) is 0.333. The highest BCUT2D eigenvalue weighted by molar-refractivity contribution is 6.34. The van der Waals surface area contributed by atoms with E-state index in [0.717, 1.165) is 30.8 Å². The number of benzene rings is 1. The van der Waals surface area contributed by atoms with Gasteiger partial charge in [0.25, 0.3) is 0 Å². The zero-order valence-electron chi connectivity index (χ0n) is 11.1. The summed E-state index contributed by atoms with van der Waals surface area (Å²) in [6.07, 6.45) is 2.59. The second kappa shape index (κ2) is 8.32. The van der Waals surface area contributed by atoms with E-state index in [1.54, 1.807) is 12.3 Å². The van der Waals surface area contributed by atoms with E-state index in [1.165, 1.54) is 0 Å². The lowest BCUT2D eigenvalue weighted by Crippen LogP contribution is -2.16. The molecule has 0 aliphatic heterocycles. The van der Waals surface area contributed by atoms with Crippen molar-refractivity contribution in [2.75, 3.05) is 13.2 Å². The molecule has 0 saturated heterocycles. The summed E-state index contributed by atoms with van der Waals surface area (Å²) in [5.41, 5.74) is 1.08. The molecule has 2 aromatic rings. The molecule has 20 heavy (non-hydrogen) atoms. The number of ether oxygens (including phenoxy) is 1. The molecule has 108 valence electrons. The number of rotatable bonds is 8. The maximum absolute atomic E-state index is 5.94. The molecule has 0 saturated carbocycles. The number of hydrogen-bond donors (Lipinski definition) is 1. The molecule has 0 aliphatic carbocycles. The quantitative estimate of drug-likeness (QED) is 0.738. The van der Waals surface area contributed by atoms with Gasteiger partial charge in [-0.15, -0.1) is 0 Å². The minimum Gasteiger partial charge on any atom is -0.467 e. The van der Waals surface area contributed by atoms with Crippen LogP contribution in [0.1, 0.15) is 17.7 Å². The third-order valence-electron chi connectivity index (χ3n) is 2.72. The highest BCUT2D eigenvalue weighted by atomic mass is 35.5. The van der Waals surface area contributed by atoms with Crippen molar-refractivity contribution in [3.05, 3.63) is 58.0 Å². The molecule has 0 aliphatic rings. The van der Waals surface area contributed by atoms with Crippen molar-refractivity contribution in [1.82, 2.24) is 5.32 Å². The van der Waals surface area contributed by atoms with Crippen molar-refractivity contribution in [3.8, 4) is 0 Å². The molecule has 0 bridgehead atoms. The van der Waals surface area contributed by atoms with Crippen molar-refractivity contribution in [3.63, 3.8) is 0 Å². The molecule has 2 rings (SSSR count). The second-order valence-electron chi connectivity index (χ2n) is 4.44. The fourth-order valence-corrected chi connectivity index (χ4v) is 2.38. The summed E-state index contributed by atoms with van der Waals surface area (Å²) < 4.78 is 10.7. The van der Waals surface area contributed by atoms with Gasteiger partial charge in [-0.3, -0.25) is 0 Å². The molecular weight excluding hydrogens is 297 g/mol. The van der Waals surface area contributed by atoms with Gasteiger partial charge in [-0.05, 0) is 48.9 Å². The monoisotopic (exact) mass is 313 g/mol. The van der Waals surface area contributed by atoms with Crippen LogP contribution in [0.2, 0.25) is 10.0 Å². The average Bonchev–Trinajstić information content (AvgIpc) is 2.89. The molecule has 0 atom stereocenters. The topological polar surface area (TPSA) is 34.4 Å². The maximum atomic E-state index is 5.94. The number of hydrogen-bond acceptors (Lipinski definition) is 3. The minimum atomic E-state index is 0.525. The van der Waals surface area contributed by atoms with Crippen molar-refractivity contribution >= 4 is 23.2 Å². The molecule has 3 nitrogen and oxygen atoms in total. The Balaban J connectivity index is 1.55. The number of nitrogens with one attached hydrogen (secondary N) is 1. The van der Waals surface area contributed by atoms with Crippen LogP contribution >= 0.6 is 23.2 Å². The SMILES string of the molecule is Clc1cc(Cl)cc(CNCCCOCc2ccco2)c1. The average molecular weight is 314 g/mol. The summed E-state index contributed by atoms with van der Waals surface area (Å²) in [6.45, 7) is 2.85. The Morgan fingerprint density at radius 2 is 1.95 bits per heavy atom. The summed E-state index contributed by atoms with van der Waals surface area (Å²) in [4.78, 5) is 0. The van der Waals surface area contributed by atoms with Crippen LogP contribution in [0.3, 0.4) is 0 Å². The summed E-state index contributed by atoms with van der Waals surface area (Å²) in [5.74, 6) is 0.853. The third-order valence-corrected chi connectivity index (χ3v) is 3.15. The first-order valence-corrected chi connectivity index (χ1v) is 7.25. The Hall–Kier alpha value is -1.00. The van der Waals surface area contributed by atoms with Gasteiger partial charge in [-0.25, -0.2) is 0 Å². The van der Waals surface area contributed by atoms with E-state index >= 15 is 0 Å². The van der Waals surface area contributed by atoms with E-state index in [0.29, 0.717) is 23.3 Å². The van der Waals surface area contributed by atoms with Crippen LogP contribution < -0.4 is 5.32 Å². The van der Waals surface area contributed by atoms with Crippen LogP contribution in [-0.2, 0) is 17.9 Å². The standard InChI is InChI=1S/C15H17Cl2NO2/c16-13-7-12(8-14(17)9-13)10-18-4-2-5-19-11-15-3-1-6-20-15/h1,3,6-9,18H,2,4-5,10-11H2. The summed E-state index contributed by atoms with van der Waals surface area (Å²) in [5, 5.41) is 4.66. The van der Waals surface area contributed by atoms with Crippen LogP contribution in [0.25, 0.3) is 0 Å². The first-order chi connectivity index (χ1) is 9.74. The van der Waals surface area contributed by atoms with Crippen molar-refractivity contribution in [2.45, 2.75) is 19.6 Å². The smallest absolute Gasteiger partial charge is 0.129 e. The normalized spacial score (nSPS) is 10.9. The lowest BCUT2D eigenvalue weighted by molar-refractivity contribution is 0.104. The predicted octanol–water partition coefficient (Wildman–Crippen LogP) is 4.28. The van der Waals surface area contributed by atoms with Crippen LogP contribution in [0.4, 0.5) is 0 Å². The Kier molecular flexibility index (Phi) is 6.40. The molecular formula is C15H17Cl2NO2. The third kappa shape index (κ3) is 5.55. The van der Waals surface area contributed by atoms with Gasteiger partial charge in [0, 0.05) is 23.2 Å². The summed E-state index contributed by atoms with van der Waals surface area (Å²) in [7, 11) is 0.